The molecule has 37 heavy (non-hydrogen) atoms. The zero-order valence-corrected chi connectivity index (χ0v) is 31.7. The van der Waals surface area contributed by atoms with E-state index < -0.39 is 29.6 Å². The maximum atomic E-state index is 4.93. The molecular weight excluding hydrogens is 587 g/mol. The summed E-state index contributed by atoms with van der Waals surface area (Å²) in [4.78, 5) is 0. The first kappa shape index (κ1) is 35.7. The van der Waals surface area contributed by atoms with E-state index in [9.17, 15) is 0 Å². The molecule has 0 heterocycles. The molecule has 4 rings (SSSR count). The zero-order valence-electron chi connectivity index (χ0n) is 26.6. The van der Waals surface area contributed by atoms with Crippen LogP contribution < -0.4 is 0 Å². The molecule has 0 spiro atoms. The van der Waals surface area contributed by atoms with Gasteiger partial charge in [-0.3, -0.25) is 0 Å². The first-order valence-corrected chi connectivity index (χ1v) is 22.7. The Morgan fingerprint density at radius 3 is 0.946 bits per heavy atom. The minimum atomic E-state index is -1.03. The first-order valence-electron chi connectivity index (χ1n) is 13.9. The van der Waals surface area contributed by atoms with E-state index in [0.717, 1.165) is 58.4 Å². The van der Waals surface area contributed by atoms with Gasteiger partial charge in [0.15, 0.2) is 0 Å². The predicted octanol–water partition coefficient (Wildman–Crippen LogP) is 11.3. The van der Waals surface area contributed by atoms with Crippen LogP contribution >= 0.6 is 17.0 Å². The van der Waals surface area contributed by atoms with Crippen molar-refractivity contribution in [2.45, 2.75) is 101 Å². The van der Waals surface area contributed by atoms with Crippen molar-refractivity contribution in [3.8, 4) is 0 Å². The Balaban J connectivity index is 0.00000131. The molecule has 0 radical (unpaired) electrons. The molecule has 2 saturated carbocycles. The third-order valence-electron chi connectivity index (χ3n) is 12.3. The fourth-order valence-electron chi connectivity index (χ4n) is 9.64. The van der Waals surface area contributed by atoms with Gasteiger partial charge in [0.25, 0.3) is 0 Å². The summed E-state index contributed by atoms with van der Waals surface area (Å²) in [6, 6.07) is 0. The van der Waals surface area contributed by atoms with Crippen molar-refractivity contribution in [3.05, 3.63) is 59.4 Å². The molecule has 0 amide bonds. The summed E-state index contributed by atoms with van der Waals surface area (Å²) in [5.41, 5.74) is 15.2. The van der Waals surface area contributed by atoms with Gasteiger partial charge in [0.2, 0.25) is 0 Å². The molecular formula is C33H56Cl2SiZr. The fourth-order valence-corrected chi connectivity index (χ4v) is 15.1. The fraction of sp³-hybridized carbons (Fsp3) is 0.697. The van der Waals surface area contributed by atoms with Gasteiger partial charge in [-0.15, -0.1) is 0 Å². The Morgan fingerprint density at radius 2 is 0.703 bits per heavy atom. The van der Waals surface area contributed by atoms with Crippen LogP contribution in [0.15, 0.2) is 44.6 Å². The molecule has 0 saturated heterocycles. The number of hydrogen-bond acceptors (Lipinski definition) is 0. The Morgan fingerprint density at radius 1 is 0.486 bits per heavy atom. The Labute approximate surface area is 252 Å². The minimum absolute atomic E-state index is 0. The second kappa shape index (κ2) is 13.5. The average Bonchev–Trinajstić information content (AvgIpc) is 3.24. The molecule has 0 aromatic rings. The molecule has 10 unspecified atom stereocenters. The Kier molecular flexibility index (Phi) is 13.0. The molecule has 2 fully saturated rings. The van der Waals surface area contributed by atoms with Crippen molar-refractivity contribution in [1.29, 1.82) is 0 Å². The molecule has 210 valence electrons. The summed E-state index contributed by atoms with van der Waals surface area (Å²) < 4.78 is 0. The van der Waals surface area contributed by atoms with Gasteiger partial charge < -0.3 is 14.9 Å². The third kappa shape index (κ3) is 5.60. The monoisotopic (exact) mass is 640 g/mol. The van der Waals surface area contributed by atoms with Gasteiger partial charge in [-0.1, -0.05) is 56.5 Å². The van der Waals surface area contributed by atoms with Gasteiger partial charge in [0.1, 0.15) is 0 Å². The normalized spacial score (nSPS) is 39.8. The molecule has 0 bridgehead atoms. The van der Waals surface area contributed by atoms with Crippen molar-refractivity contribution in [2.24, 2.45) is 47.3 Å². The summed E-state index contributed by atoms with van der Waals surface area (Å²) in [6.45, 7) is 32.8. The van der Waals surface area contributed by atoms with Crippen molar-refractivity contribution >= 4 is 25.8 Å². The van der Waals surface area contributed by atoms with Gasteiger partial charge in [0.05, 0.1) is 0 Å². The molecule has 0 aromatic carbocycles. The van der Waals surface area contributed by atoms with E-state index in [1.807, 2.05) is 0 Å². The second-order valence-electron chi connectivity index (χ2n) is 12.9. The molecule has 4 aliphatic carbocycles. The Hall–Kier alpha value is 0.640. The summed E-state index contributed by atoms with van der Waals surface area (Å²) in [5, 5.41) is 0. The van der Waals surface area contributed by atoms with Crippen molar-refractivity contribution in [2.75, 3.05) is 0 Å². The standard InChI is InChI=1S/C31H50Si.2CH3.2ClH.Zr/c1-14-16(3)20(7)28-26(18(14)5)22(9)24(11)30(28)32(13)31-25(12)23(10)27-19(6)15(2)17(4)21(8)29(27)31;;;;;/h22-32H,1-13H3;2*1H3;2*1H;/q;2*-1;;;+4/p-2. The van der Waals surface area contributed by atoms with Crippen LogP contribution in [0, 0.1) is 62.2 Å². The van der Waals surface area contributed by atoms with Crippen LogP contribution in [0.1, 0.15) is 83.1 Å². The SMILES string of the molecule is CC1=C(C)C2C(C)C(C)C([SiH](C)C3C(C)C(C)C4C(C)=C(C)C(C)=C(C)C43)C2C(C)=C1C.[CH3-].[CH3-].[Cl][Zr+2][Cl]. The van der Waals surface area contributed by atoms with Crippen molar-refractivity contribution in [1.82, 2.24) is 0 Å². The molecule has 0 aliphatic heterocycles. The second-order valence-corrected chi connectivity index (χ2v) is 19.8. The van der Waals surface area contributed by atoms with E-state index in [2.05, 4.69) is 89.6 Å². The van der Waals surface area contributed by atoms with Gasteiger partial charge in [-0.25, -0.2) is 0 Å². The average molecular weight is 643 g/mol. The molecule has 10 atom stereocenters. The third-order valence-corrected chi connectivity index (χ3v) is 16.8. The van der Waals surface area contributed by atoms with Crippen LogP contribution in [-0.2, 0) is 20.8 Å². The number of halogens is 2. The maximum absolute atomic E-state index is 4.93. The molecule has 0 N–H and O–H groups in total. The molecule has 4 aliphatic rings. The summed E-state index contributed by atoms with van der Waals surface area (Å²) >= 11 is -0.826. The van der Waals surface area contributed by atoms with Crippen LogP contribution in [0.25, 0.3) is 0 Å². The van der Waals surface area contributed by atoms with E-state index >= 15 is 0 Å². The Bertz CT molecular complexity index is 897. The molecule has 4 heteroatoms. The van der Waals surface area contributed by atoms with E-state index in [1.165, 1.54) is 0 Å². The number of allylic oxidation sites excluding steroid dienone is 8. The number of fused-ring (bicyclic) bond motifs is 2. The van der Waals surface area contributed by atoms with E-state index in [-0.39, 0.29) is 14.9 Å². The van der Waals surface area contributed by atoms with E-state index in [1.54, 1.807) is 44.6 Å². The quantitative estimate of drug-likeness (QED) is 0.208. The number of hydrogen-bond donors (Lipinski definition) is 0. The summed E-state index contributed by atoms with van der Waals surface area (Å²) in [6.07, 6.45) is 0. The van der Waals surface area contributed by atoms with Crippen LogP contribution in [0.5, 0.6) is 0 Å². The van der Waals surface area contributed by atoms with Gasteiger partial charge in [-0.05, 0) is 136 Å². The molecule has 0 aromatic heterocycles. The first-order chi connectivity index (χ1) is 16.3. The predicted molar refractivity (Wildman–Crippen MR) is 169 cm³/mol. The van der Waals surface area contributed by atoms with Crippen LogP contribution in [0.2, 0.25) is 17.6 Å². The summed E-state index contributed by atoms with van der Waals surface area (Å²) in [5.74, 6) is 6.51. The van der Waals surface area contributed by atoms with Crippen LogP contribution in [-0.4, -0.2) is 8.80 Å². The van der Waals surface area contributed by atoms with Gasteiger partial charge in [-0.2, -0.15) is 0 Å². The van der Waals surface area contributed by atoms with Gasteiger partial charge in [0, 0.05) is 8.80 Å². The van der Waals surface area contributed by atoms with Gasteiger partial charge >= 0.3 is 37.9 Å². The number of rotatable bonds is 2. The van der Waals surface area contributed by atoms with Crippen molar-refractivity contribution < 1.29 is 20.8 Å². The molecule has 0 nitrogen and oxygen atoms in total. The topological polar surface area (TPSA) is 0 Å². The zero-order chi connectivity index (χ0) is 26.7. The van der Waals surface area contributed by atoms with Crippen LogP contribution in [0.3, 0.4) is 0 Å². The van der Waals surface area contributed by atoms with E-state index in [4.69, 9.17) is 17.0 Å². The van der Waals surface area contributed by atoms with Crippen molar-refractivity contribution in [3.63, 3.8) is 0 Å². The summed E-state index contributed by atoms with van der Waals surface area (Å²) in [7, 11) is 8.84. The van der Waals surface area contributed by atoms with Crippen LogP contribution in [0.4, 0.5) is 0 Å². The van der Waals surface area contributed by atoms with E-state index in [0.29, 0.717) is 0 Å².